The van der Waals surface area contributed by atoms with E-state index in [-0.39, 0.29) is 16.9 Å². The Balaban J connectivity index is 1.57. The maximum absolute atomic E-state index is 12.5. The van der Waals surface area contributed by atoms with Gasteiger partial charge < -0.3 is 19.9 Å². The minimum Gasteiger partial charge on any atom is -0.494 e. The number of piperazine rings is 1. The fraction of sp³-hybridized carbons (Fsp3) is 0.348. The molecule has 1 saturated heterocycles. The number of ether oxygens (including phenoxy) is 1. The summed E-state index contributed by atoms with van der Waals surface area (Å²) in [5.41, 5.74) is 2.03. The van der Waals surface area contributed by atoms with Gasteiger partial charge in [0.1, 0.15) is 5.75 Å². The van der Waals surface area contributed by atoms with Crippen LogP contribution in [-0.4, -0.2) is 54.6 Å². The molecule has 2 N–H and O–H groups in total. The van der Waals surface area contributed by atoms with Crippen molar-refractivity contribution in [3.05, 3.63) is 53.1 Å². The Kier molecular flexibility index (Phi) is 8.30. The summed E-state index contributed by atoms with van der Waals surface area (Å²) in [7, 11) is 0. The number of anilines is 2. The Labute approximate surface area is 198 Å². The van der Waals surface area contributed by atoms with Crippen molar-refractivity contribution in [2.24, 2.45) is 0 Å². The topological polar surface area (TPSA) is 73.9 Å². The molecule has 1 heterocycles. The molecule has 32 heavy (non-hydrogen) atoms. The highest BCUT2D eigenvalue weighted by atomic mass is 35.5. The summed E-state index contributed by atoms with van der Waals surface area (Å²) in [5, 5.41) is 6.42. The monoisotopic (exact) mass is 474 g/mol. The first-order chi connectivity index (χ1) is 15.4. The molecule has 2 aromatic rings. The average molecular weight is 475 g/mol. The molecule has 7 nitrogen and oxygen atoms in total. The van der Waals surface area contributed by atoms with Gasteiger partial charge in [-0.1, -0.05) is 24.6 Å². The van der Waals surface area contributed by atoms with Crippen LogP contribution in [0.3, 0.4) is 0 Å². The molecule has 2 amide bonds. The predicted octanol–water partition coefficient (Wildman–Crippen LogP) is 3.92. The van der Waals surface area contributed by atoms with Crippen LogP contribution in [0.25, 0.3) is 0 Å². The van der Waals surface area contributed by atoms with E-state index in [1.165, 1.54) is 0 Å². The molecule has 2 aromatic carbocycles. The van der Waals surface area contributed by atoms with Crippen LogP contribution in [0.5, 0.6) is 5.75 Å². The van der Waals surface area contributed by atoms with Gasteiger partial charge in [-0.05, 0) is 55.0 Å². The lowest BCUT2D eigenvalue weighted by atomic mass is 10.2. The number of thiocarbonyl (C=S) groups is 1. The third kappa shape index (κ3) is 6.34. The highest BCUT2D eigenvalue weighted by Crippen LogP contribution is 2.29. The summed E-state index contributed by atoms with van der Waals surface area (Å²) in [4.78, 5) is 28.0. The van der Waals surface area contributed by atoms with Crippen molar-refractivity contribution in [1.82, 2.24) is 10.2 Å². The zero-order valence-corrected chi connectivity index (χ0v) is 19.8. The van der Waals surface area contributed by atoms with E-state index in [4.69, 9.17) is 28.6 Å². The van der Waals surface area contributed by atoms with Crippen molar-refractivity contribution in [1.29, 1.82) is 0 Å². The average Bonchev–Trinajstić information content (AvgIpc) is 2.78. The molecule has 9 heteroatoms. The zero-order chi connectivity index (χ0) is 23.1. The Morgan fingerprint density at radius 3 is 2.53 bits per heavy atom. The number of hydrogen-bond donors (Lipinski definition) is 2. The number of hydrogen-bond acceptors (Lipinski definition) is 5. The summed E-state index contributed by atoms with van der Waals surface area (Å²) < 4.78 is 5.57. The van der Waals surface area contributed by atoms with Gasteiger partial charge >= 0.3 is 0 Å². The summed E-state index contributed by atoms with van der Waals surface area (Å²) >= 11 is 11.8. The number of benzene rings is 2. The summed E-state index contributed by atoms with van der Waals surface area (Å²) in [6, 6.07) is 12.5. The molecule has 0 unspecified atom stereocenters. The molecule has 0 bridgehead atoms. The van der Waals surface area contributed by atoms with Crippen LogP contribution in [0.4, 0.5) is 11.4 Å². The minimum atomic E-state index is -0.324. The lowest BCUT2D eigenvalue weighted by Gasteiger charge is -2.36. The number of rotatable bonds is 6. The maximum atomic E-state index is 12.5. The van der Waals surface area contributed by atoms with Gasteiger partial charge in [-0.25, -0.2) is 0 Å². The van der Waals surface area contributed by atoms with Crippen molar-refractivity contribution in [3.63, 3.8) is 0 Å². The molecular weight excluding hydrogens is 448 g/mol. The molecule has 0 spiro atoms. The number of amides is 2. The fourth-order valence-electron chi connectivity index (χ4n) is 3.39. The van der Waals surface area contributed by atoms with E-state index in [0.717, 1.165) is 25.2 Å². The van der Waals surface area contributed by atoms with Crippen molar-refractivity contribution in [2.45, 2.75) is 20.3 Å². The quantitative estimate of drug-likeness (QED) is 0.618. The molecular formula is C23H27ClN4O3S. The van der Waals surface area contributed by atoms with Crippen LogP contribution in [0.1, 0.15) is 30.6 Å². The third-order valence-electron chi connectivity index (χ3n) is 5.07. The molecule has 1 aliphatic rings. The summed E-state index contributed by atoms with van der Waals surface area (Å²) in [5.74, 6) is 0.409. The molecule has 1 aliphatic heterocycles. The Hall–Kier alpha value is -2.84. The van der Waals surface area contributed by atoms with E-state index in [2.05, 4.69) is 15.5 Å². The molecule has 170 valence electrons. The molecule has 0 atom stereocenters. The van der Waals surface area contributed by atoms with Crippen LogP contribution in [0.15, 0.2) is 42.5 Å². The van der Waals surface area contributed by atoms with Gasteiger partial charge in [0, 0.05) is 44.4 Å². The lowest BCUT2D eigenvalue weighted by Crippen LogP contribution is -2.48. The lowest BCUT2D eigenvalue weighted by molar-refractivity contribution is -0.129. The van der Waals surface area contributed by atoms with Crippen LogP contribution >= 0.6 is 23.8 Å². The second-order valence-electron chi connectivity index (χ2n) is 7.44. The first-order valence-electron chi connectivity index (χ1n) is 10.5. The fourth-order valence-corrected chi connectivity index (χ4v) is 3.90. The first kappa shape index (κ1) is 23.8. The van der Waals surface area contributed by atoms with Crippen molar-refractivity contribution < 1.29 is 14.3 Å². The van der Waals surface area contributed by atoms with Gasteiger partial charge in [0.25, 0.3) is 5.91 Å². The normalized spacial score (nSPS) is 13.5. The third-order valence-corrected chi connectivity index (χ3v) is 5.57. The molecule has 1 fully saturated rings. The van der Waals surface area contributed by atoms with E-state index >= 15 is 0 Å². The second-order valence-corrected chi connectivity index (χ2v) is 8.26. The van der Waals surface area contributed by atoms with E-state index in [1.54, 1.807) is 31.2 Å². The second kappa shape index (κ2) is 11.2. The molecule has 0 aliphatic carbocycles. The largest absolute Gasteiger partial charge is 0.494 e. The van der Waals surface area contributed by atoms with Gasteiger partial charge in [0.05, 0.1) is 17.3 Å². The van der Waals surface area contributed by atoms with E-state index < -0.39 is 0 Å². The predicted molar refractivity (Wildman–Crippen MR) is 132 cm³/mol. The summed E-state index contributed by atoms with van der Waals surface area (Å²) in [6.45, 7) is 6.99. The van der Waals surface area contributed by atoms with Crippen LogP contribution in [0.2, 0.25) is 5.02 Å². The van der Waals surface area contributed by atoms with E-state index in [0.29, 0.717) is 41.7 Å². The van der Waals surface area contributed by atoms with Crippen molar-refractivity contribution in [3.8, 4) is 5.75 Å². The SMILES string of the molecule is CCCOc1cccc(C(=O)NC(=S)Nc2ccc(N3CCN(C(C)=O)CC3)c(Cl)c2)c1. The number of nitrogens with zero attached hydrogens (tertiary/aromatic N) is 2. The Morgan fingerprint density at radius 2 is 1.88 bits per heavy atom. The van der Waals surface area contributed by atoms with Crippen LogP contribution in [-0.2, 0) is 4.79 Å². The Bertz CT molecular complexity index is 993. The number of carbonyl (C=O) groups excluding carboxylic acids is 2. The van der Waals surface area contributed by atoms with Gasteiger partial charge in [-0.2, -0.15) is 0 Å². The molecule has 3 rings (SSSR count). The zero-order valence-electron chi connectivity index (χ0n) is 18.2. The highest BCUT2D eigenvalue weighted by Gasteiger charge is 2.20. The number of nitrogens with one attached hydrogen (secondary N) is 2. The Morgan fingerprint density at radius 1 is 1.12 bits per heavy atom. The van der Waals surface area contributed by atoms with Gasteiger partial charge in [-0.3, -0.25) is 14.9 Å². The molecule has 0 aromatic heterocycles. The van der Waals surface area contributed by atoms with Crippen molar-refractivity contribution >= 4 is 52.1 Å². The number of halogens is 1. The highest BCUT2D eigenvalue weighted by molar-refractivity contribution is 7.80. The summed E-state index contributed by atoms with van der Waals surface area (Å²) in [6.07, 6.45) is 0.889. The van der Waals surface area contributed by atoms with Gasteiger partial charge in [0.2, 0.25) is 5.91 Å². The van der Waals surface area contributed by atoms with E-state index in [9.17, 15) is 9.59 Å². The molecule has 0 saturated carbocycles. The standard InChI is InChI=1S/C23H27ClN4O3S/c1-3-13-31-19-6-4-5-17(14-19)22(30)26-23(32)25-18-7-8-21(20(24)15-18)28-11-9-27(10-12-28)16(2)29/h4-8,14-15H,3,9-13H2,1-2H3,(H2,25,26,30,32). The van der Waals surface area contributed by atoms with Gasteiger partial charge in [-0.15, -0.1) is 0 Å². The maximum Gasteiger partial charge on any atom is 0.257 e. The van der Waals surface area contributed by atoms with Crippen LogP contribution < -0.4 is 20.3 Å². The van der Waals surface area contributed by atoms with Gasteiger partial charge in [0.15, 0.2) is 5.11 Å². The minimum absolute atomic E-state index is 0.0890. The smallest absolute Gasteiger partial charge is 0.257 e. The van der Waals surface area contributed by atoms with E-state index in [1.807, 2.05) is 30.0 Å². The van der Waals surface area contributed by atoms with Crippen LogP contribution in [0, 0.1) is 0 Å². The number of carbonyl (C=O) groups is 2. The van der Waals surface area contributed by atoms with Crippen molar-refractivity contribution in [2.75, 3.05) is 43.0 Å². The first-order valence-corrected chi connectivity index (χ1v) is 11.3. The molecule has 0 radical (unpaired) electrons.